The Kier molecular flexibility index (Phi) is 5.77. The number of nitrogens with zero attached hydrogens (tertiary/aromatic N) is 3. The van der Waals surface area contributed by atoms with Crippen LogP contribution in [0.4, 0.5) is 13.2 Å². The van der Waals surface area contributed by atoms with Gasteiger partial charge in [-0.25, -0.2) is 9.97 Å². The molecule has 0 aliphatic rings. The van der Waals surface area contributed by atoms with Crippen LogP contribution in [0.2, 0.25) is 0 Å². The summed E-state index contributed by atoms with van der Waals surface area (Å²) in [5, 5.41) is 3.41. The molecule has 0 bridgehead atoms. The Morgan fingerprint density at radius 2 is 1.87 bits per heavy atom. The number of halogens is 3. The quantitative estimate of drug-likeness (QED) is 0.410. The fourth-order valence-electron chi connectivity index (χ4n) is 3.25. The molecule has 2 aromatic carbocycles. The van der Waals surface area contributed by atoms with E-state index in [2.05, 4.69) is 15.3 Å². The molecule has 9 heteroatoms. The van der Waals surface area contributed by atoms with Gasteiger partial charge in [0.25, 0.3) is 5.91 Å². The lowest BCUT2D eigenvalue weighted by atomic mass is 10.1. The molecule has 2 aromatic heterocycles. The van der Waals surface area contributed by atoms with Gasteiger partial charge in [-0.05, 0) is 37.6 Å². The van der Waals surface area contributed by atoms with Crippen LogP contribution < -0.4 is 5.32 Å². The van der Waals surface area contributed by atoms with Crippen LogP contribution in [0.25, 0.3) is 21.6 Å². The van der Waals surface area contributed by atoms with Crippen molar-refractivity contribution in [3.8, 4) is 10.6 Å². The molecule has 0 aliphatic heterocycles. The standard InChI is InChI=1S/C22H19F3N4OS/c1-14-19(31-21(28-14)15-7-9-16(10-8-15)22(23,24)25)20(30)26-11-4-12-29-13-27-17-5-2-3-6-18(17)29/h2-3,5-10,13H,4,11-12H2,1H3,(H,26,30). The lowest BCUT2D eigenvalue weighted by Crippen LogP contribution is -2.25. The van der Waals surface area contributed by atoms with Crippen LogP contribution in [-0.4, -0.2) is 27.0 Å². The summed E-state index contributed by atoms with van der Waals surface area (Å²) in [4.78, 5) is 21.7. The Morgan fingerprint density at radius 1 is 1.13 bits per heavy atom. The molecule has 4 rings (SSSR count). The van der Waals surface area contributed by atoms with Crippen molar-refractivity contribution in [3.05, 3.63) is 71.0 Å². The van der Waals surface area contributed by atoms with Gasteiger partial charge in [-0.15, -0.1) is 11.3 Å². The molecule has 0 aliphatic carbocycles. The monoisotopic (exact) mass is 444 g/mol. The minimum atomic E-state index is -4.38. The topological polar surface area (TPSA) is 59.8 Å². The Labute approximate surface area is 180 Å². The largest absolute Gasteiger partial charge is 0.416 e. The first-order chi connectivity index (χ1) is 14.8. The first-order valence-electron chi connectivity index (χ1n) is 9.66. The molecule has 0 spiro atoms. The fourth-order valence-corrected chi connectivity index (χ4v) is 4.24. The van der Waals surface area contributed by atoms with E-state index in [1.807, 2.05) is 28.8 Å². The van der Waals surface area contributed by atoms with Crippen molar-refractivity contribution in [2.45, 2.75) is 26.1 Å². The highest BCUT2D eigenvalue weighted by atomic mass is 32.1. The maximum Gasteiger partial charge on any atom is 0.416 e. The number of hydrogen-bond donors (Lipinski definition) is 1. The van der Waals surface area contributed by atoms with Crippen molar-refractivity contribution in [3.63, 3.8) is 0 Å². The molecular weight excluding hydrogens is 425 g/mol. The number of thiazole rings is 1. The van der Waals surface area contributed by atoms with Crippen molar-refractivity contribution in [2.24, 2.45) is 0 Å². The second-order valence-corrected chi connectivity index (χ2v) is 8.04. The summed E-state index contributed by atoms with van der Waals surface area (Å²) in [6.45, 7) is 2.92. The Bertz CT molecular complexity index is 1210. The molecule has 0 saturated heterocycles. The number of carbonyl (C=O) groups is 1. The van der Waals surface area contributed by atoms with E-state index >= 15 is 0 Å². The number of imidazole rings is 1. The molecule has 0 unspecified atom stereocenters. The smallest absolute Gasteiger partial charge is 0.351 e. The molecular formula is C22H19F3N4OS. The van der Waals surface area contributed by atoms with Gasteiger partial charge in [0.2, 0.25) is 0 Å². The number of alkyl halides is 3. The van der Waals surface area contributed by atoms with E-state index in [4.69, 9.17) is 0 Å². The van der Waals surface area contributed by atoms with Crippen molar-refractivity contribution in [2.75, 3.05) is 6.54 Å². The summed E-state index contributed by atoms with van der Waals surface area (Å²) in [7, 11) is 0. The van der Waals surface area contributed by atoms with Crippen LogP contribution in [-0.2, 0) is 12.7 Å². The number of fused-ring (bicyclic) bond motifs is 1. The molecule has 1 amide bonds. The van der Waals surface area contributed by atoms with E-state index in [9.17, 15) is 18.0 Å². The average Bonchev–Trinajstić information content (AvgIpc) is 3.34. The van der Waals surface area contributed by atoms with Gasteiger partial charge in [-0.1, -0.05) is 24.3 Å². The first-order valence-corrected chi connectivity index (χ1v) is 10.5. The third-order valence-corrected chi connectivity index (χ3v) is 6.06. The Hall–Kier alpha value is -3.20. The summed E-state index contributed by atoms with van der Waals surface area (Å²) in [6, 6.07) is 12.6. The van der Waals surface area contributed by atoms with Crippen molar-refractivity contribution in [1.82, 2.24) is 19.9 Å². The van der Waals surface area contributed by atoms with E-state index in [0.29, 0.717) is 27.7 Å². The third kappa shape index (κ3) is 4.61. The number of rotatable bonds is 6. The first kappa shape index (κ1) is 21.0. The number of amides is 1. The lowest BCUT2D eigenvalue weighted by molar-refractivity contribution is -0.137. The van der Waals surface area contributed by atoms with Crippen molar-refractivity contribution >= 4 is 28.3 Å². The van der Waals surface area contributed by atoms with Gasteiger partial charge in [-0.3, -0.25) is 4.79 Å². The van der Waals surface area contributed by atoms with Gasteiger partial charge in [0.05, 0.1) is 28.6 Å². The highest BCUT2D eigenvalue weighted by Gasteiger charge is 2.30. The number of aryl methyl sites for hydroxylation is 2. The summed E-state index contributed by atoms with van der Waals surface area (Å²) in [6.07, 6.45) is -1.86. The summed E-state index contributed by atoms with van der Waals surface area (Å²) in [5.74, 6) is -0.233. The minimum Gasteiger partial charge on any atom is -0.351 e. The molecule has 5 nitrogen and oxygen atoms in total. The summed E-state index contributed by atoms with van der Waals surface area (Å²) >= 11 is 1.17. The number of para-hydroxylation sites is 2. The van der Waals surface area contributed by atoms with Crippen LogP contribution in [0.15, 0.2) is 54.9 Å². The highest BCUT2D eigenvalue weighted by molar-refractivity contribution is 7.17. The highest BCUT2D eigenvalue weighted by Crippen LogP contribution is 2.33. The van der Waals surface area contributed by atoms with Crippen molar-refractivity contribution in [1.29, 1.82) is 0 Å². The number of aromatic nitrogens is 3. The van der Waals surface area contributed by atoms with Crippen LogP contribution in [0.1, 0.15) is 27.3 Å². The molecule has 2 heterocycles. The molecule has 0 saturated carbocycles. The van der Waals surface area contributed by atoms with Crippen LogP contribution in [0, 0.1) is 6.92 Å². The van der Waals surface area contributed by atoms with Gasteiger partial charge >= 0.3 is 6.18 Å². The molecule has 4 aromatic rings. The van der Waals surface area contributed by atoms with Crippen LogP contribution >= 0.6 is 11.3 Å². The van der Waals surface area contributed by atoms with E-state index < -0.39 is 11.7 Å². The maximum atomic E-state index is 12.7. The molecule has 1 N–H and O–H groups in total. The second kappa shape index (κ2) is 8.50. The normalized spacial score (nSPS) is 11.7. The van der Waals surface area contributed by atoms with Gasteiger partial charge in [0, 0.05) is 18.7 Å². The predicted octanol–water partition coefficient (Wildman–Crippen LogP) is 5.31. The van der Waals surface area contributed by atoms with E-state index in [-0.39, 0.29) is 5.91 Å². The molecule has 0 radical (unpaired) electrons. The number of hydrogen-bond acceptors (Lipinski definition) is 4. The summed E-state index contributed by atoms with van der Waals surface area (Å²) in [5.41, 5.74) is 2.37. The van der Waals surface area contributed by atoms with E-state index in [0.717, 1.165) is 36.1 Å². The SMILES string of the molecule is Cc1nc(-c2ccc(C(F)(F)F)cc2)sc1C(=O)NCCCn1cnc2ccccc21. The van der Waals surface area contributed by atoms with E-state index in [1.54, 1.807) is 13.3 Å². The van der Waals surface area contributed by atoms with Gasteiger partial charge < -0.3 is 9.88 Å². The molecule has 0 fully saturated rings. The zero-order valence-corrected chi connectivity index (χ0v) is 17.4. The van der Waals surface area contributed by atoms with Gasteiger partial charge in [0.15, 0.2) is 0 Å². The van der Waals surface area contributed by atoms with E-state index in [1.165, 1.54) is 23.5 Å². The van der Waals surface area contributed by atoms with Gasteiger partial charge in [0.1, 0.15) is 9.88 Å². The van der Waals surface area contributed by atoms with Crippen LogP contribution in [0.5, 0.6) is 0 Å². The second-order valence-electron chi connectivity index (χ2n) is 7.04. The maximum absolute atomic E-state index is 12.7. The fraction of sp³-hybridized carbons (Fsp3) is 0.227. The Morgan fingerprint density at radius 3 is 2.61 bits per heavy atom. The zero-order chi connectivity index (χ0) is 22.0. The number of benzene rings is 2. The zero-order valence-electron chi connectivity index (χ0n) is 16.6. The van der Waals surface area contributed by atoms with Crippen LogP contribution in [0.3, 0.4) is 0 Å². The molecule has 0 atom stereocenters. The van der Waals surface area contributed by atoms with Crippen molar-refractivity contribution < 1.29 is 18.0 Å². The van der Waals surface area contributed by atoms with Gasteiger partial charge in [-0.2, -0.15) is 13.2 Å². The average molecular weight is 444 g/mol. The lowest BCUT2D eigenvalue weighted by Gasteiger charge is -2.06. The number of carbonyl (C=O) groups excluding carboxylic acids is 1. The summed E-state index contributed by atoms with van der Waals surface area (Å²) < 4.78 is 40.3. The Balaban J connectivity index is 1.36. The molecule has 31 heavy (non-hydrogen) atoms. The third-order valence-electron chi connectivity index (χ3n) is 4.85. The predicted molar refractivity (Wildman–Crippen MR) is 114 cm³/mol. The number of nitrogens with one attached hydrogen (secondary N) is 1. The molecule has 160 valence electrons. The minimum absolute atomic E-state index is 0.233.